The summed E-state index contributed by atoms with van der Waals surface area (Å²) in [5, 5.41) is 0. The molecule has 1 rings (SSSR count). The fourth-order valence-electron chi connectivity index (χ4n) is 0.785. The molecule has 0 aliphatic carbocycles. The van der Waals surface area contributed by atoms with Crippen LogP contribution in [0.4, 0.5) is 9.05 Å². The highest BCUT2D eigenvalue weighted by molar-refractivity contribution is 5.45. The molecule has 0 aromatic heterocycles. The second-order valence-electron chi connectivity index (χ2n) is 2.06. The lowest BCUT2D eigenvalue weighted by molar-refractivity contribution is -0.0393. The van der Waals surface area contributed by atoms with Gasteiger partial charge in [0.25, 0.3) is 0 Å². The molecule has 0 saturated carbocycles. The first-order valence-corrected chi connectivity index (χ1v) is 2.96. The Balaban J connectivity index is 3.13. The van der Waals surface area contributed by atoms with Crippen LogP contribution in [-0.4, -0.2) is 0 Å². The molecule has 0 saturated heterocycles. The van der Waals surface area contributed by atoms with Crippen LogP contribution in [0.5, 0.6) is 11.5 Å². The second kappa shape index (κ2) is 3.18. The van der Waals surface area contributed by atoms with Gasteiger partial charge in [-0.2, -0.15) is 0 Å². The number of halogens is 2. The number of aryl methyl sites for hydroxylation is 1. The molecular weight excluding hydrogens is 154 g/mol. The van der Waals surface area contributed by atoms with E-state index in [1.54, 1.807) is 13.0 Å². The molecule has 0 atom stereocenters. The number of rotatable bonds is 2. The van der Waals surface area contributed by atoms with E-state index in [4.69, 9.17) is 0 Å². The lowest BCUT2D eigenvalue weighted by atomic mass is 10.2. The van der Waals surface area contributed by atoms with Crippen LogP contribution in [0.1, 0.15) is 5.56 Å². The van der Waals surface area contributed by atoms with Crippen molar-refractivity contribution in [3.8, 4) is 11.5 Å². The van der Waals surface area contributed by atoms with Crippen molar-refractivity contribution in [1.82, 2.24) is 0 Å². The van der Waals surface area contributed by atoms with Crippen LogP contribution in [0.15, 0.2) is 18.2 Å². The van der Waals surface area contributed by atoms with Crippen molar-refractivity contribution in [2.24, 2.45) is 0 Å². The minimum Gasteiger partial charge on any atom is -0.290 e. The van der Waals surface area contributed by atoms with Crippen LogP contribution in [0.25, 0.3) is 0 Å². The molecule has 0 bridgehead atoms. The van der Waals surface area contributed by atoms with E-state index in [-0.39, 0.29) is 11.5 Å². The zero-order valence-corrected chi connectivity index (χ0v) is 5.80. The van der Waals surface area contributed by atoms with Crippen molar-refractivity contribution in [3.05, 3.63) is 23.8 Å². The van der Waals surface area contributed by atoms with Gasteiger partial charge in [0, 0.05) is 9.05 Å². The highest BCUT2D eigenvalue weighted by atomic mass is 19.3. The lowest BCUT2D eigenvalue weighted by Gasteiger charge is -2.01. The standard InChI is InChI=1S/C7H6F2O2/c1-5-3-2-4-6(10-8)7(5)11-9/h2-4H,1H3. The molecule has 60 valence electrons. The number of hydrogen-bond acceptors (Lipinski definition) is 2. The summed E-state index contributed by atoms with van der Waals surface area (Å²) in [7, 11) is 0. The molecule has 11 heavy (non-hydrogen) atoms. The number of para-hydroxylation sites is 1. The molecule has 2 nitrogen and oxygen atoms in total. The van der Waals surface area contributed by atoms with Crippen LogP contribution in [0.3, 0.4) is 0 Å². The average Bonchev–Trinajstić information content (AvgIpc) is 2.04. The second-order valence-corrected chi connectivity index (χ2v) is 2.06. The van der Waals surface area contributed by atoms with E-state index in [1.165, 1.54) is 12.1 Å². The predicted molar refractivity (Wildman–Crippen MR) is 34.7 cm³/mol. The van der Waals surface area contributed by atoms with Crippen LogP contribution in [-0.2, 0) is 0 Å². The van der Waals surface area contributed by atoms with Crippen molar-refractivity contribution >= 4 is 0 Å². The Morgan fingerprint density at radius 2 is 1.91 bits per heavy atom. The maximum absolute atomic E-state index is 11.7. The molecule has 0 heterocycles. The minimum absolute atomic E-state index is 0.227. The molecule has 0 N–H and O–H groups in total. The van der Waals surface area contributed by atoms with Crippen molar-refractivity contribution in [2.45, 2.75) is 6.92 Å². The smallest absolute Gasteiger partial charge is 0.221 e. The molecular formula is C7H6F2O2. The molecule has 0 spiro atoms. The molecule has 0 unspecified atom stereocenters. The van der Waals surface area contributed by atoms with Gasteiger partial charge in [-0.25, -0.2) is 0 Å². The average molecular weight is 160 g/mol. The van der Waals surface area contributed by atoms with Gasteiger partial charge in [-0.05, 0) is 18.6 Å². The first kappa shape index (κ1) is 7.78. The van der Waals surface area contributed by atoms with Gasteiger partial charge >= 0.3 is 0 Å². The zero-order chi connectivity index (χ0) is 8.27. The van der Waals surface area contributed by atoms with Gasteiger partial charge in [-0.3, -0.25) is 9.88 Å². The number of hydrogen-bond donors (Lipinski definition) is 0. The van der Waals surface area contributed by atoms with Gasteiger partial charge in [0.1, 0.15) is 0 Å². The summed E-state index contributed by atoms with van der Waals surface area (Å²) in [5.41, 5.74) is 0.475. The third kappa shape index (κ3) is 1.39. The predicted octanol–water partition coefficient (Wildman–Crippen LogP) is 2.52. The molecule has 0 aliphatic rings. The van der Waals surface area contributed by atoms with Crippen LogP contribution in [0, 0.1) is 6.92 Å². The summed E-state index contributed by atoms with van der Waals surface area (Å²) in [6, 6.07) is 4.38. The van der Waals surface area contributed by atoms with E-state index in [2.05, 4.69) is 9.88 Å². The summed E-state index contributed by atoms with van der Waals surface area (Å²) >= 11 is 0. The Morgan fingerprint density at radius 1 is 1.18 bits per heavy atom. The van der Waals surface area contributed by atoms with Gasteiger partial charge in [-0.1, -0.05) is 12.1 Å². The monoisotopic (exact) mass is 160 g/mol. The Morgan fingerprint density at radius 3 is 2.36 bits per heavy atom. The highest BCUT2D eigenvalue weighted by Gasteiger charge is 2.09. The summed E-state index contributed by atoms with van der Waals surface area (Å²) in [5.74, 6) is -0.484. The number of benzene rings is 1. The quantitative estimate of drug-likeness (QED) is 0.661. The molecule has 1 aromatic rings. The fraction of sp³-hybridized carbons (Fsp3) is 0.143. The lowest BCUT2D eigenvalue weighted by Crippen LogP contribution is -1.86. The Bertz CT molecular complexity index is 250. The van der Waals surface area contributed by atoms with E-state index < -0.39 is 0 Å². The fourth-order valence-corrected chi connectivity index (χ4v) is 0.785. The first-order chi connectivity index (χ1) is 5.29. The highest BCUT2D eigenvalue weighted by Crippen LogP contribution is 2.30. The van der Waals surface area contributed by atoms with Gasteiger partial charge in [0.05, 0.1) is 0 Å². The van der Waals surface area contributed by atoms with Crippen LogP contribution >= 0.6 is 0 Å². The molecule has 0 aliphatic heterocycles. The zero-order valence-electron chi connectivity index (χ0n) is 5.80. The van der Waals surface area contributed by atoms with Crippen LogP contribution in [0.2, 0.25) is 0 Å². The van der Waals surface area contributed by atoms with Gasteiger partial charge in [0.15, 0.2) is 0 Å². The van der Waals surface area contributed by atoms with Crippen molar-refractivity contribution in [1.29, 1.82) is 0 Å². The molecule has 4 heteroatoms. The normalized spacial score (nSPS) is 9.36. The molecule has 0 amide bonds. The van der Waals surface area contributed by atoms with E-state index in [0.717, 1.165) is 0 Å². The van der Waals surface area contributed by atoms with Crippen molar-refractivity contribution < 1.29 is 18.9 Å². The Hall–Kier alpha value is -1.32. The molecule has 0 fully saturated rings. The summed E-state index contributed by atoms with van der Waals surface area (Å²) < 4.78 is 23.3. The van der Waals surface area contributed by atoms with Gasteiger partial charge in [0.2, 0.25) is 11.5 Å². The summed E-state index contributed by atoms with van der Waals surface area (Å²) in [4.78, 5) is 6.75. The van der Waals surface area contributed by atoms with Gasteiger partial charge in [-0.15, -0.1) is 0 Å². The largest absolute Gasteiger partial charge is 0.290 e. The first-order valence-electron chi connectivity index (χ1n) is 2.96. The maximum Gasteiger partial charge on any atom is 0.221 e. The Kier molecular flexibility index (Phi) is 2.25. The third-order valence-electron chi connectivity index (χ3n) is 1.34. The van der Waals surface area contributed by atoms with Gasteiger partial charge < -0.3 is 0 Å². The maximum atomic E-state index is 11.7. The molecule has 1 aromatic carbocycles. The minimum atomic E-state index is -0.257. The van der Waals surface area contributed by atoms with Crippen LogP contribution < -0.4 is 9.88 Å². The SMILES string of the molecule is Cc1cccc(OF)c1OF. The third-order valence-corrected chi connectivity index (χ3v) is 1.34. The summed E-state index contributed by atoms with van der Waals surface area (Å²) in [6.07, 6.45) is 0. The summed E-state index contributed by atoms with van der Waals surface area (Å²) in [6.45, 7) is 1.58. The topological polar surface area (TPSA) is 18.5 Å². The van der Waals surface area contributed by atoms with E-state index in [0.29, 0.717) is 5.56 Å². The van der Waals surface area contributed by atoms with Crippen molar-refractivity contribution in [3.63, 3.8) is 0 Å². The van der Waals surface area contributed by atoms with E-state index in [1.807, 2.05) is 0 Å². The molecule has 0 radical (unpaired) electrons. The Labute approximate surface area is 62.2 Å². The van der Waals surface area contributed by atoms with E-state index >= 15 is 0 Å². The van der Waals surface area contributed by atoms with Crippen molar-refractivity contribution in [2.75, 3.05) is 0 Å². The van der Waals surface area contributed by atoms with E-state index in [9.17, 15) is 9.05 Å².